The summed E-state index contributed by atoms with van der Waals surface area (Å²) >= 11 is 18.7. The summed E-state index contributed by atoms with van der Waals surface area (Å²) < 4.78 is 5.31. The molecule has 1 aromatic carbocycles. The zero-order chi connectivity index (χ0) is 16.0. The molecule has 1 aromatic rings. The number of hydrogen-bond donors (Lipinski definition) is 1. The van der Waals surface area contributed by atoms with E-state index in [0.717, 1.165) is 11.8 Å². The number of carbonyl (C=O) groups is 2. The smallest absolute Gasteiger partial charge is 0.258 e. The molecular formula is C13H14Cl3NO3S. The van der Waals surface area contributed by atoms with E-state index < -0.39 is 0 Å². The van der Waals surface area contributed by atoms with Crippen LogP contribution in [0.2, 0.25) is 15.1 Å². The molecular weight excluding hydrogens is 357 g/mol. The van der Waals surface area contributed by atoms with Crippen molar-refractivity contribution in [2.75, 3.05) is 6.61 Å². The highest BCUT2D eigenvalue weighted by atomic mass is 35.5. The van der Waals surface area contributed by atoms with Crippen molar-refractivity contribution < 1.29 is 14.3 Å². The average molecular weight is 371 g/mol. The van der Waals surface area contributed by atoms with Crippen molar-refractivity contribution in [1.82, 2.24) is 5.32 Å². The molecule has 0 aliphatic carbocycles. The molecule has 0 saturated heterocycles. The lowest BCUT2D eigenvalue weighted by molar-refractivity contribution is -0.123. The van der Waals surface area contributed by atoms with E-state index in [-0.39, 0.29) is 38.8 Å². The Morgan fingerprint density at radius 2 is 1.86 bits per heavy atom. The second-order valence-electron chi connectivity index (χ2n) is 4.06. The van der Waals surface area contributed by atoms with Crippen molar-refractivity contribution in [2.45, 2.75) is 25.6 Å². The fraction of sp³-hybridized carbons (Fsp3) is 0.385. The number of benzene rings is 1. The fourth-order valence-corrected chi connectivity index (χ4v) is 3.12. The van der Waals surface area contributed by atoms with Crippen LogP contribution in [0.5, 0.6) is 5.75 Å². The molecule has 1 unspecified atom stereocenters. The number of halogens is 3. The number of hydrogen-bond acceptors (Lipinski definition) is 4. The molecule has 0 aliphatic heterocycles. The normalized spacial score (nSPS) is 11.9. The van der Waals surface area contributed by atoms with Crippen molar-refractivity contribution in [3.63, 3.8) is 0 Å². The fourth-order valence-electron chi connectivity index (χ4n) is 1.44. The summed E-state index contributed by atoms with van der Waals surface area (Å²) in [6, 6.07) is 2.95. The molecule has 0 spiro atoms. The SMILES string of the molecule is CCC(NC(=O)COc1c(Cl)cc(Cl)cc1Cl)SC(C)=O. The predicted molar refractivity (Wildman–Crippen MR) is 87.5 cm³/mol. The summed E-state index contributed by atoms with van der Waals surface area (Å²) in [4.78, 5) is 22.8. The molecule has 4 nitrogen and oxygen atoms in total. The maximum atomic E-state index is 11.8. The molecule has 0 bridgehead atoms. The maximum Gasteiger partial charge on any atom is 0.258 e. The molecule has 0 aliphatic rings. The van der Waals surface area contributed by atoms with Gasteiger partial charge in [-0.15, -0.1) is 0 Å². The lowest BCUT2D eigenvalue weighted by atomic mass is 10.3. The third kappa shape index (κ3) is 6.34. The van der Waals surface area contributed by atoms with Gasteiger partial charge in [0.1, 0.15) is 0 Å². The number of amides is 1. The van der Waals surface area contributed by atoms with Gasteiger partial charge in [-0.25, -0.2) is 0 Å². The Kier molecular flexibility index (Phi) is 7.66. The van der Waals surface area contributed by atoms with Gasteiger partial charge < -0.3 is 10.1 Å². The third-order valence-electron chi connectivity index (χ3n) is 2.31. The van der Waals surface area contributed by atoms with Crippen molar-refractivity contribution in [1.29, 1.82) is 0 Å². The first-order valence-corrected chi connectivity index (χ1v) is 8.08. The molecule has 0 heterocycles. The predicted octanol–water partition coefficient (Wildman–Crippen LogP) is 4.16. The number of carbonyl (C=O) groups excluding carboxylic acids is 2. The summed E-state index contributed by atoms with van der Waals surface area (Å²) in [6.45, 7) is 3.06. The molecule has 1 atom stereocenters. The Bertz CT molecular complexity index is 516. The first-order chi connectivity index (χ1) is 9.83. The molecule has 1 rings (SSSR count). The molecule has 1 amide bonds. The monoisotopic (exact) mass is 369 g/mol. The molecule has 0 saturated carbocycles. The minimum atomic E-state index is -0.363. The van der Waals surface area contributed by atoms with E-state index in [4.69, 9.17) is 39.5 Å². The number of rotatable bonds is 6. The number of ether oxygens (including phenoxy) is 1. The van der Waals surface area contributed by atoms with Crippen molar-refractivity contribution >= 4 is 57.6 Å². The maximum absolute atomic E-state index is 11.8. The summed E-state index contributed by atoms with van der Waals surface area (Å²) in [7, 11) is 0. The lowest BCUT2D eigenvalue weighted by Crippen LogP contribution is -2.36. The van der Waals surface area contributed by atoms with Crippen molar-refractivity contribution in [3.8, 4) is 5.75 Å². The molecule has 0 aromatic heterocycles. The van der Waals surface area contributed by atoms with Gasteiger partial charge in [-0.2, -0.15) is 0 Å². The molecule has 116 valence electrons. The number of nitrogens with one attached hydrogen (secondary N) is 1. The van der Waals surface area contributed by atoms with Crippen LogP contribution in [0.4, 0.5) is 0 Å². The Labute approximate surface area is 142 Å². The largest absolute Gasteiger partial charge is 0.481 e. The van der Waals surface area contributed by atoms with Crippen LogP contribution in [0.3, 0.4) is 0 Å². The van der Waals surface area contributed by atoms with Crippen LogP contribution < -0.4 is 10.1 Å². The standard InChI is InChI=1S/C13H14Cl3NO3S/c1-3-12(21-7(2)18)17-11(19)6-20-13-9(15)4-8(14)5-10(13)16/h4-5,12H,3,6H2,1-2H3,(H,17,19). The van der Waals surface area contributed by atoms with E-state index in [1.54, 1.807) is 0 Å². The highest BCUT2D eigenvalue weighted by Crippen LogP contribution is 2.35. The topological polar surface area (TPSA) is 55.4 Å². The minimum Gasteiger partial charge on any atom is -0.481 e. The van der Waals surface area contributed by atoms with Gasteiger partial charge in [-0.3, -0.25) is 9.59 Å². The zero-order valence-electron chi connectivity index (χ0n) is 11.4. The Balaban J connectivity index is 2.59. The number of thioether (sulfide) groups is 1. The van der Waals surface area contributed by atoms with Crippen LogP contribution >= 0.6 is 46.6 Å². The second-order valence-corrected chi connectivity index (χ2v) is 6.69. The van der Waals surface area contributed by atoms with Crippen LogP contribution in [0.1, 0.15) is 20.3 Å². The summed E-state index contributed by atoms with van der Waals surface area (Å²) in [5.74, 6) is -0.164. The van der Waals surface area contributed by atoms with Gasteiger partial charge in [0.25, 0.3) is 5.91 Å². The van der Waals surface area contributed by atoms with Crippen LogP contribution in [0.25, 0.3) is 0 Å². The van der Waals surface area contributed by atoms with E-state index in [9.17, 15) is 9.59 Å². The molecule has 0 radical (unpaired) electrons. The molecule has 21 heavy (non-hydrogen) atoms. The van der Waals surface area contributed by atoms with Crippen LogP contribution in [-0.2, 0) is 9.59 Å². The molecule has 0 fully saturated rings. The Morgan fingerprint density at radius 3 is 2.33 bits per heavy atom. The summed E-state index contributed by atoms with van der Waals surface area (Å²) in [5, 5.41) is 3.17. The third-order valence-corrected chi connectivity index (χ3v) is 4.16. The van der Waals surface area contributed by atoms with Gasteiger partial charge in [-0.05, 0) is 18.6 Å². The summed E-state index contributed by atoms with van der Waals surface area (Å²) in [5.41, 5.74) is 0. The highest BCUT2D eigenvalue weighted by molar-refractivity contribution is 8.14. The van der Waals surface area contributed by atoms with Crippen LogP contribution in [0, 0.1) is 0 Å². The minimum absolute atomic E-state index is 0.0631. The van der Waals surface area contributed by atoms with Crippen molar-refractivity contribution in [3.05, 3.63) is 27.2 Å². The van der Waals surface area contributed by atoms with Crippen molar-refractivity contribution in [2.24, 2.45) is 0 Å². The van der Waals surface area contributed by atoms with E-state index in [1.165, 1.54) is 19.1 Å². The van der Waals surface area contributed by atoms with Gasteiger partial charge in [0.2, 0.25) is 0 Å². The lowest BCUT2D eigenvalue weighted by Gasteiger charge is -2.15. The Morgan fingerprint density at radius 1 is 1.29 bits per heavy atom. The van der Waals surface area contributed by atoms with Gasteiger partial charge in [0.15, 0.2) is 17.5 Å². The molecule has 8 heteroatoms. The first kappa shape index (κ1) is 18.4. The van der Waals surface area contributed by atoms with Gasteiger partial charge in [0, 0.05) is 11.9 Å². The van der Waals surface area contributed by atoms with Crippen LogP contribution in [0.15, 0.2) is 12.1 Å². The van der Waals surface area contributed by atoms with Gasteiger partial charge in [0.05, 0.1) is 15.4 Å². The first-order valence-electron chi connectivity index (χ1n) is 6.07. The van der Waals surface area contributed by atoms with E-state index >= 15 is 0 Å². The zero-order valence-corrected chi connectivity index (χ0v) is 14.5. The quantitative estimate of drug-likeness (QED) is 0.764. The van der Waals surface area contributed by atoms with Crippen LogP contribution in [-0.4, -0.2) is 23.0 Å². The van der Waals surface area contributed by atoms with Gasteiger partial charge >= 0.3 is 0 Å². The second kappa shape index (κ2) is 8.73. The summed E-state index contributed by atoms with van der Waals surface area (Å²) in [6.07, 6.45) is 0.623. The highest BCUT2D eigenvalue weighted by Gasteiger charge is 2.15. The van der Waals surface area contributed by atoms with E-state index in [1.807, 2.05) is 6.92 Å². The Hall–Kier alpha value is -0.620. The van der Waals surface area contributed by atoms with Gasteiger partial charge in [-0.1, -0.05) is 53.5 Å². The van der Waals surface area contributed by atoms with E-state index in [2.05, 4.69) is 5.32 Å². The average Bonchev–Trinajstić information content (AvgIpc) is 2.35. The molecule has 1 N–H and O–H groups in total. The van der Waals surface area contributed by atoms with E-state index in [0.29, 0.717) is 11.4 Å².